The van der Waals surface area contributed by atoms with E-state index in [-0.39, 0.29) is 11.5 Å². The molecule has 0 saturated heterocycles. The van der Waals surface area contributed by atoms with Crippen molar-refractivity contribution in [2.45, 2.75) is 5.88 Å². The molecule has 5 heteroatoms. The number of anilines is 1. The minimum Gasteiger partial charge on any atom is -0.322 e. The van der Waals surface area contributed by atoms with Crippen LogP contribution in [0.1, 0.15) is 15.9 Å². The molecule has 2 rings (SSSR count). The second-order valence-electron chi connectivity index (χ2n) is 3.87. The number of halogens is 3. The van der Waals surface area contributed by atoms with Gasteiger partial charge >= 0.3 is 0 Å². The summed E-state index contributed by atoms with van der Waals surface area (Å²) in [4.78, 5) is 12.1. The van der Waals surface area contributed by atoms with Crippen LogP contribution >= 0.6 is 27.5 Å². The first-order valence-corrected chi connectivity index (χ1v) is 6.85. The van der Waals surface area contributed by atoms with E-state index in [1.165, 1.54) is 18.2 Å². The van der Waals surface area contributed by atoms with E-state index in [0.29, 0.717) is 16.0 Å². The van der Waals surface area contributed by atoms with Crippen molar-refractivity contribution in [2.24, 2.45) is 0 Å². The quantitative estimate of drug-likeness (QED) is 0.813. The Morgan fingerprint density at radius 1 is 1.26 bits per heavy atom. The summed E-state index contributed by atoms with van der Waals surface area (Å²) in [6.45, 7) is 0. The summed E-state index contributed by atoms with van der Waals surface area (Å²) in [5.41, 5.74) is 1.67. The molecule has 1 amide bonds. The Morgan fingerprint density at radius 2 is 2.00 bits per heavy atom. The Balaban J connectivity index is 2.28. The van der Waals surface area contributed by atoms with Crippen LogP contribution < -0.4 is 5.32 Å². The number of alkyl halides is 1. The smallest absolute Gasteiger partial charge is 0.256 e. The fraction of sp³-hybridized carbons (Fsp3) is 0.0714. The zero-order valence-corrected chi connectivity index (χ0v) is 12.1. The monoisotopic (exact) mass is 341 g/mol. The summed E-state index contributed by atoms with van der Waals surface area (Å²) in [6, 6.07) is 11.2. The van der Waals surface area contributed by atoms with Gasteiger partial charge in [-0.25, -0.2) is 4.39 Å². The standard InChI is InChI=1S/C14H10BrClFNO/c15-12-6-5-10(17)7-11(12)14(19)18-13-4-2-1-3-9(13)8-16/h1-7H,8H2,(H,18,19). The Morgan fingerprint density at radius 3 is 2.74 bits per heavy atom. The zero-order valence-electron chi connectivity index (χ0n) is 9.79. The highest BCUT2D eigenvalue weighted by Gasteiger charge is 2.12. The maximum absolute atomic E-state index is 13.2. The van der Waals surface area contributed by atoms with Crippen molar-refractivity contribution in [3.05, 3.63) is 63.9 Å². The Hall–Kier alpha value is -1.39. The molecule has 0 heterocycles. The van der Waals surface area contributed by atoms with Crippen LogP contribution in [0.25, 0.3) is 0 Å². The van der Waals surface area contributed by atoms with Gasteiger partial charge in [0.25, 0.3) is 5.91 Å². The van der Waals surface area contributed by atoms with Crippen LogP contribution in [0.15, 0.2) is 46.9 Å². The van der Waals surface area contributed by atoms with Crippen molar-refractivity contribution in [3.8, 4) is 0 Å². The topological polar surface area (TPSA) is 29.1 Å². The molecule has 0 fully saturated rings. The molecule has 2 aromatic carbocycles. The average Bonchev–Trinajstić information content (AvgIpc) is 2.42. The molecule has 0 aliphatic heterocycles. The van der Waals surface area contributed by atoms with Gasteiger partial charge in [-0.3, -0.25) is 4.79 Å². The number of amides is 1. The largest absolute Gasteiger partial charge is 0.322 e. The number of carbonyl (C=O) groups excluding carboxylic acids is 1. The summed E-state index contributed by atoms with van der Waals surface area (Å²) >= 11 is 9.02. The normalized spacial score (nSPS) is 10.3. The lowest BCUT2D eigenvalue weighted by Gasteiger charge is -2.10. The third-order valence-electron chi connectivity index (χ3n) is 2.58. The predicted molar refractivity (Wildman–Crippen MR) is 78.1 cm³/mol. The molecule has 0 atom stereocenters. The molecule has 2 aromatic rings. The van der Waals surface area contributed by atoms with E-state index < -0.39 is 5.82 Å². The predicted octanol–water partition coefficient (Wildman–Crippen LogP) is 4.58. The molecule has 0 bridgehead atoms. The average molecular weight is 343 g/mol. The first-order valence-electron chi connectivity index (χ1n) is 5.52. The molecule has 0 spiro atoms. The lowest BCUT2D eigenvalue weighted by molar-refractivity contribution is 0.102. The van der Waals surface area contributed by atoms with Gasteiger partial charge in [-0.05, 0) is 45.8 Å². The van der Waals surface area contributed by atoms with Crippen molar-refractivity contribution < 1.29 is 9.18 Å². The van der Waals surface area contributed by atoms with E-state index in [1.54, 1.807) is 12.1 Å². The van der Waals surface area contributed by atoms with E-state index in [2.05, 4.69) is 21.2 Å². The Labute approximate surface area is 123 Å². The van der Waals surface area contributed by atoms with Crippen LogP contribution in [0.5, 0.6) is 0 Å². The van der Waals surface area contributed by atoms with E-state index >= 15 is 0 Å². The summed E-state index contributed by atoms with van der Waals surface area (Å²) in [5, 5.41) is 2.73. The molecule has 0 radical (unpaired) electrons. The van der Waals surface area contributed by atoms with Crippen LogP contribution in [-0.4, -0.2) is 5.91 Å². The molecule has 98 valence electrons. The number of carbonyl (C=O) groups is 1. The highest BCUT2D eigenvalue weighted by molar-refractivity contribution is 9.10. The van der Waals surface area contributed by atoms with Crippen molar-refractivity contribution >= 4 is 39.1 Å². The molecule has 1 N–H and O–H groups in total. The summed E-state index contributed by atoms with van der Waals surface area (Å²) < 4.78 is 13.7. The van der Waals surface area contributed by atoms with Gasteiger partial charge in [0, 0.05) is 16.0 Å². The van der Waals surface area contributed by atoms with E-state index in [0.717, 1.165) is 5.56 Å². The maximum Gasteiger partial charge on any atom is 0.256 e. The molecule has 0 aliphatic rings. The van der Waals surface area contributed by atoms with E-state index in [9.17, 15) is 9.18 Å². The minimum absolute atomic E-state index is 0.240. The van der Waals surface area contributed by atoms with Crippen molar-refractivity contribution in [1.82, 2.24) is 0 Å². The summed E-state index contributed by atoms with van der Waals surface area (Å²) in [6.07, 6.45) is 0. The van der Waals surface area contributed by atoms with Crippen LogP contribution in [0.4, 0.5) is 10.1 Å². The fourth-order valence-corrected chi connectivity index (χ4v) is 2.28. The molecule has 19 heavy (non-hydrogen) atoms. The summed E-state index contributed by atoms with van der Waals surface area (Å²) in [5.74, 6) is -0.552. The van der Waals surface area contributed by atoms with Gasteiger partial charge in [-0.1, -0.05) is 18.2 Å². The van der Waals surface area contributed by atoms with Gasteiger partial charge < -0.3 is 5.32 Å². The van der Waals surface area contributed by atoms with Crippen LogP contribution in [0.3, 0.4) is 0 Å². The molecule has 2 nitrogen and oxygen atoms in total. The fourth-order valence-electron chi connectivity index (χ4n) is 1.62. The molecule has 0 unspecified atom stereocenters. The van der Waals surface area contributed by atoms with Gasteiger partial charge in [0.1, 0.15) is 5.82 Å². The van der Waals surface area contributed by atoms with Crippen molar-refractivity contribution in [3.63, 3.8) is 0 Å². The second-order valence-corrected chi connectivity index (χ2v) is 4.99. The van der Waals surface area contributed by atoms with Gasteiger partial charge in [0.05, 0.1) is 5.56 Å². The SMILES string of the molecule is O=C(Nc1ccccc1CCl)c1cc(F)ccc1Br. The Kier molecular flexibility index (Phi) is 4.56. The third kappa shape index (κ3) is 3.33. The number of nitrogens with one attached hydrogen (secondary N) is 1. The molecule has 0 aromatic heterocycles. The number of hydrogen-bond acceptors (Lipinski definition) is 1. The van der Waals surface area contributed by atoms with Crippen molar-refractivity contribution in [2.75, 3.05) is 5.32 Å². The second kappa shape index (κ2) is 6.17. The molecule has 0 aliphatic carbocycles. The minimum atomic E-state index is -0.459. The summed E-state index contributed by atoms with van der Waals surface area (Å²) in [7, 11) is 0. The van der Waals surface area contributed by atoms with Crippen LogP contribution in [0.2, 0.25) is 0 Å². The zero-order chi connectivity index (χ0) is 13.8. The van der Waals surface area contributed by atoms with E-state index in [1.807, 2.05) is 12.1 Å². The number of benzene rings is 2. The van der Waals surface area contributed by atoms with E-state index in [4.69, 9.17) is 11.6 Å². The van der Waals surface area contributed by atoms with Crippen LogP contribution in [-0.2, 0) is 5.88 Å². The third-order valence-corrected chi connectivity index (χ3v) is 3.56. The van der Waals surface area contributed by atoms with Gasteiger partial charge in [-0.15, -0.1) is 11.6 Å². The molecule has 0 saturated carbocycles. The highest BCUT2D eigenvalue weighted by atomic mass is 79.9. The lowest BCUT2D eigenvalue weighted by Crippen LogP contribution is -2.14. The van der Waals surface area contributed by atoms with Gasteiger partial charge in [0.15, 0.2) is 0 Å². The molecular weight excluding hydrogens is 333 g/mol. The first kappa shape index (κ1) is 14.0. The molecular formula is C14H10BrClFNO. The van der Waals surface area contributed by atoms with Crippen LogP contribution in [0, 0.1) is 5.82 Å². The lowest BCUT2D eigenvalue weighted by atomic mass is 10.1. The van der Waals surface area contributed by atoms with Gasteiger partial charge in [-0.2, -0.15) is 0 Å². The maximum atomic E-state index is 13.2. The van der Waals surface area contributed by atoms with Gasteiger partial charge in [0.2, 0.25) is 0 Å². The number of rotatable bonds is 3. The first-order chi connectivity index (χ1) is 9.11. The van der Waals surface area contributed by atoms with Crippen molar-refractivity contribution in [1.29, 1.82) is 0 Å². The number of para-hydroxylation sites is 1. The Bertz CT molecular complexity index is 618. The highest BCUT2D eigenvalue weighted by Crippen LogP contribution is 2.22. The number of hydrogen-bond donors (Lipinski definition) is 1.